The summed E-state index contributed by atoms with van der Waals surface area (Å²) in [5.41, 5.74) is 7.87. The van der Waals surface area contributed by atoms with E-state index in [1.54, 1.807) is 0 Å². The van der Waals surface area contributed by atoms with E-state index in [0.717, 1.165) is 60.4 Å². The number of aromatic nitrogens is 4. The van der Waals surface area contributed by atoms with Crippen molar-refractivity contribution in [2.24, 2.45) is 0 Å². The molecule has 0 unspecified atom stereocenters. The molecule has 0 aliphatic rings. The molecule has 0 bridgehead atoms. The number of benzene rings is 6. The van der Waals surface area contributed by atoms with E-state index in [9.17, 15) is 0 Å². The molecule has 0 amide bonds. The highest BCUT2D eigenvalue weighted by Crippen LogP contribution is 2.38. The van der Waals surface area contributed by atoms with Crippen molar-refractivity contribution in [3.8, 4) is 39.9 Å². The van der Waals surface area contributed by atoms with E-state index in [0.29, 0.717) is 17.6 Å². The highest BCUT2D eigenvalue weighted by Gasteiger charge is 2.20. The molecule has 0 atom stereocenters. The van der Waals surface area contributed by atoms with E-state index in [4.69, 9.17) is 19.4 Å². The molecule has 3 aromatic heterocycles. The smallest absolute Gasteiger partial charge is 0.238 e. The molecule has 0 spiro atoms. The fraction of sp³-hybridized carbons (Fsp3) is 0. The lowest BCUT2D eigenvalue weighted by Gasteiger charge is -2.11. The van der Waals surface area contributed by atoms with Crippen LogP contribution in [0.5, 0.6) is 0 Å². The van der Waals surface area contributed by atoms with Gasteiger partial charge in [0.15, 0.2) is 11.6 Å². The molecule has 0 fully saturated rings. The Morgan fingerprint density at radius 1 is 0.386 bits per heavy atom. The maximum atomic E-state index is 6.31. The number of fused-ring (bicyclic) bond motifs is 6. The van der Waals surface area contributed by atoms with E-state index in [1.165, 1.54) is 5.56 Å². The van der Waals surface area contributed by atoms with Gasteiger partial charge in [-0.05, 0) is 29.3 Å². The summed E-state index contributed by atoms with van der Waals surface area (Å²) in [6, 6.07) is 49.8. The number of para-hydroxylation sites is 2. The molecule has 206 valence electrons. The Kier molecular flexibility index (Phi) is 5.43. The number of furan rings is 1. The molecule has 9 aromatic rings. The molecule has 6 aromatic carbocycles. The van der Waals surface area contributed by atoms with Gasteiger partial charge in [0.2, 0.25) is 5.95 Å². The maximum Gasteiger partial charge on any atom is 0.238 e. The van der Waals surface area contributed by atoms with Crippen molar-refractivity contribution in [3.05, 3.63) is 146 Å². The van der Waals surface area contributed by atoms with Crippen LogP contribution >= 0.6 is 0 Å². The number of nitrogens with zero attached hydrogens (tertiary/aromatic N) is 4. The van der Waals surface area contributed by atoms with Gasteiger partial charge in [-0.1, -0.05) is 121 Å². The summed E-state index contributed by atoms with van der Waals surface area (Å²) >= 11 is 0. The van der Waals surface area contributed by atoms with Gasteiger partial charge in [0.05, 0.1) is 11.0 Å². The Bertz CT molecular complexity index is 2480. The first-order valence-electron chi connectivity index (χ1n) is 14.6. The van der Waals surface area contributed by atoms with Gasteiger partial charge in [0.1, 0.15) is 11.2 Å². The second-order valence-electron chi connectivity index (χ2n) is 10.9. The normalized spacial score (nSPS) is 11.6. The van der Waals surface area contributed by atoms with Crippen molar-refractivity contribution in [2.75, 3.05) is 0 Å². The van der Waals surface area contributed by atoms with E-state index in [2.05, 4.69) is 102 Å². The van der Waals surface area contributed by atoms with Crippen LogP contribution in [-0.4, -0.2) is 19.5 Å². The van der Waals surface area contributed by atoms with Crippen molar-refractivity contribution in [1.29, 1.82) is 0 Å². The molecule has 9 rings (SSSR count). The van der Waals surface area contributed by atoms with Gasteiger partial charge < -0.3 is 4.42 Å². The first-order chi connectivity index (χ1) is 21.8. The number of hydrogen-bond acceptors (Lipinski definition) is 4. The van der Waals surface area contributed by atoms with E-state index < -0.39 is 0 Å². The van der Waals surface area contributed by atoms with Gasteiger partial charge in [0, 0.05) is 38.7 Å². The van der Waals surface area contributed by atoms with Crippen LogP contribution in [0.1, 0.15) is 0 Å². The summed E-state index contributed by atoms with van der Waals surface area (Å²) in [4.78, 5) is 15.1. The van der Waals surface area contributed by atoms with Crippen molar-refractivity contribution in [1.82, 2.24) is 19.5 Å². The third kappa shape index (κ3) is 3.91. The zero-order valence-corrected chi connectivity index (χ0v) is 23.6. The Labute approximate surface area is 252 Å². The molecule has 0 saturated heterocycles. The van der Waals surface area contributed by atoms with Crippen LogP contribution in [0.3, 0.4) is 0 Å². The largest absolute Gasteiger partial charge is 0.456 e. The molecule has 3 heterocycles. The fourth-order valence-corrected chi connectivity index (χ4v) is 6.16. The van der Waals surface area contributed by atoms with Crippen molar-refractivity contribution < 1.29 is 4.42 Å². The van der Waals surface area contributed by atoms with Crippen LogP contribution in [0.2, 0.25) is 0 Å². The minimum Gasteiger partial charge on any atom is -0.456 e. The molecule has 5 nitrogen and oxygen atoms in total. The average molecular weight is 565 g/mol. The predicted molar refractivity (Wildman–Crippen MR) is 178 cm³/mol. The van der Waals surface area contributed by atoms with Gasteiger partial charge in [-0.2, -0.15) is 9.97 Å². The molecule has 44 heavy (non-hydrogen) atoms. The minimum atomic E-state index is 0.558. The van der Waals surface area contributed by atoms with Crippen LogP contribution in [-0.2, 0) is 0 Å². The van der Waals surface area contributed by atoms with Gasteiger partial charge in [-0.3, -0.25) is 4.57 Å². The van der Waals surface area contributed by atoms with E-state index >= 15 is 0 Å². The second-order valence-corrected chi connectivity index (χ2v) is 10.9. The van der Waals surface area contributed by atoms with Crippen LogP contribution in [0.4, 0.5) is 0 Å². The van der Waals surface area contributed by atoms with Gasteiger partial charge in [-0.25, -0.2) is 4.98 Å². The lowest BCUT2D eigenvalue weighted by atomic mass is 10.0. The SMILES string of the molecule is c1ccc(-c2ccc(-c3nc(-c4ccccc4)nc(-n4c5ccccc5c5cc6c(cc54)oc4ccccc46)n3)cc2)cc1. The summed E-state index contributed by atoms with van der Waals surface area (Å²) in [5, 5.41) is 4.45. The monoisotopic (exact) mass is 564 g/mol. The molecule has 0 radical (unpaired) electrons. The summed E-state index contributed by atoms with van der Waals surface area (Å²) in [7, 11) is 0. The zero-order chi connectivity index (χ0) is 29.0. The minimum absolute atomic E-state index is 0.558. The van der Waals surface area contributed by atoms with Crippen LogP contribution in [0.25, 0.3) is 83.6 Å². The highest BCUT2D eigenvalue weighted by molar-refractivity contribution is 6.17. The predicted octanol–water partition coefficient (Wildman–Crippen LogP) is 9.87. The lowest BCUT2D eigenvalue weighted by Crippen LogP contribution is -2.06. The first-order valence-corrected chi connectivity index (χ1v) is 14.6. The van der Waals surface area contributed by atoms with Crippen molar-refractivity contribution >= 4 is 43.7 Å². The number of hydrogen-bond donors (Lipinski definition) is 0. The topological polar surface area (TPSA) is 56.7 Å². The summed E-state index contributed by atoms with van der Waals surface area (Å²) < 4.78 is 8.45. The Balaban J connectivity index is 1.30. The quantitative estimate of drug-likeness (QED) is 0.213. The zero-order valence-electron chi connectivity index (χ0n) is 23.6. The molecular formula is C39H24N4O. The van der Waals surface area contributed by atoms with Crippen molar-refractivity contribution in [2.45, 2.75) is 0 Å². The highest BCUT2D eigenvalue weighted by atomic mass is 16.3. The average Bonchev–Trinajstić information content (AvgIpc) is 3.62. The fourth-order valence-electron chi connectivity index (χ4n) is 6.16. The summed E-state index contributed by atoms with van der Waals surface area (Å²) in [5.74, 6) is 1.79. The Hall–Kier alpha value is -6.07. The Morgan fingerprint density at radius 2 is 0.955 bits per heavy atom. The first kappa shape index (κ1) is 24.5. The summed E-state index contributed by atoms with van der Waals surface area (Å²) in [6.07, 6.45) is 0. The molecular weight excluding hydrogens is 540 g/mol. The second kappa shape index (κ2) is 9.75. The number of rotatable bonds is 4. The third-order valence-corrected chi connectivity index (χ3v) is 8.28. The molecule has 0 saturated carbocycles. The Morgan fingerprint density at radius 3 is 1.70 bits per heavy atom. The third-order valence-electron chi connectivity index (χ3n) is 8.28. The van der Waals surface area contributed by atoms with E-state index in [1.807, 2.05) is 48.5 Å². The maximum absolute atomic E-state index is 6.31. The molecule has 0 aliphatic carbocycles. The van der Waals surface area contributed by atoms with Crippen LogP contribution < -0.4 is 0 Å². The molecule has 5 heteroatoms. The molecule has 0 N–H and O–H groups in total. The standard InChI is InChI=1S/C39H24N4O/c1-3-11-25(12-4-1)26-19-21-28(22-20-26)38-40-37(27-13-5-2-6-14-27)41-39(42-38)43-33-17-9-7-15-29(33)31-23-32-30-16-8-10-18-35(30)44-36(32)24-34(31)43/h1-24H. The summed E-state index contributed by atoms with van der Waals surface area (Å²) in [6.45, 7) is 0. The van der Waals surface area contributed by atoms with Crippen molar-refractivity contribution in [3.63, 3.8) is 0 Å². The van der Waals surface area contributed by atoms with Crippen LogP contribution in [0, 0.1) is 0 Å². The van der Waals surface area contributed by atoms with Gasteiger partial charge in [-0.15, -0.1) is 0 Å². The van der Waals surface area contributed by atoms with Crippen LogP contribution in [0.15, 0.2) is 150 Å². The van der Waals surface area contributed by atoms with Gasteiger partial charge in [0.25, 0.3) is 0 Å². The van der Waals surface area contributed by atoms with Gasteiger partial charge >= 0.3 is 0 Å². The van der Waals surface area contributed by atoms with E-state index in [-0.39, 0.29) is 0 Å². The molecule has 0 aliphatic heterocycles. The lowest BCUT2D eigenvalue weighted by molar-refractivity contribution is 0.669.